The number of nitrogens with zero attached hydrogens (tertiary/aromatic N) is 5. The predicted octanol–water partition coefficient (Wildman–Crippen LogP) is 3.75. The summed E-state index contributed by atoms with van der Waals surface area (Å²) in [5.74, 6) is 1.47. The molecule has 0 aromatic carbocycles. The van der Waals surface area contributed by atoms with Gasteiger partial charge in [0.2, 0.25) is 5.95 Å². The average Bonchev–Trinajstić information content (AvgIpc) is 3.08. The van der Waals surface area contributed by atoms with E-state index in [9.17, 15) is 0 Å². The van der Waals surface area contributed by atoms with Gasteiger partial charge in [-0.3, -0.25) is 4.40 Å². The van der Waals surface area contributed by atoms with Crippen LogP contribution in [-0.4, -0.2) is 36.4 Å². The number of aromatic nitrogens is 5. The van der Waals surface area contributed by atoms with Gasteiger partial charge in [-0.05, 0) is 32.8 Å². The summed E-state index contributed by atoms with van der Waals surface area (Å²) in [5.41, 5.74) is 2.59. The van der Waals surface area contributed by atoms with E-state index in [1.807, 2.05) is 22.9 Å². The molecule has 0 spiro atoms. The van der Waals surface area contributed by atoms with Gasteiger partial charge in [0.05, 0.1) is 17.6 Å². The molecule has 0 atom stereocenters. The SMILES string of the molecule is CC(C)Nc1nccn2c(-c3ccnc(NC4CCCCC4)n3)cnc12. The van der Waals surface area contributed by atoms with Crippen molar-refractivity contribution in [3.63, 3.8) is 0 Å². The number of fused-ring (bicyclic) bond motifs is 1. The van der Waals surface area contributed by atoms with E-state index in [0.717, 1.165) is 22.9 Å². The average molecular weight is 351 g/mol. The lowest BCUT2D eigenvalue weighted by molar-refractivity contribution is 0.461. The summed E-state index contributed by atoms with van der Waals surface area (Å²) >= 11 is 0. The van der Waals surface area contributed by atoms with Gasteiger partial charge in [0, 0.05) is 30.7 Å². The van der Waals surface area contributed by atoms with Crippen LogP contribution in [0.15, 0.2) is 30.9 Å². The van der Waals surface area contributed by atoms with Crippen LogP contribution in [-0.2, 0) is 0 Å². The van der Waals surface area contributed by atoms with Crippen LogP contribution in [0.1, 0.15) is 46.0 Å². The second-order valence-corrected chi connectivity index (χ2v) is 7.16. The molecule has 0 amide bonds. The van der Waals surface area contributed by atoms with Crippen molar-refractivity contribution in [1.82, 2.24) is 24.3 Å². The highest BCUT2D eigenvalue weighted by molar-refractivity contribution is 5.69. The summed E-state index contributed by atoms with van der Waals surface area (Å²) in [4.78, 5) is 18.1. The summed E-state index contributed by atoms with van der Waals surface area (Å²) in [7, 11) is 0. The number of anilines is 2. The van der Waals surface area contributed by atoms with E-state index in [-0.39, 0.29) is 0 Å². The fourth-order valence-electron chi connectivity index (χ4n) is 3.48. The molecule has 2 N–H and O–H groups in total. The molecule has 4 rings (SSSR count). The summed E-state index contributed by atoms with van der Waals surface area (Å²) in [6, 6.07) is 2.69. The number of imidazole rings is 1. The van der Waals surface area contributed by atoms with Gasteiger partial charge >= 0.3 is 0 Å². The number of hydrogen-bond donors (Lipinski definition) is 2. The Morgan fingerprint density at radius 3 is 2.73 bits per heavy atom. The van der Waals surface area contributed by atoms with Gasteiger partial charge in [-0.2, -0.15) is 0 Å². The van der Waals surface area contributed by atoms with E-state index in [4.69, 9.17) is 4.98 Å². The van der Waals surface area contributed by atoms with Crippen LogP contribution in [0, 0.1) is 0 Å². The number of rotatable bonds is 5. The zero-order chi connectivity index (χ0) is 17.9. The largest absolute Gasteiger partial charge is 0.365 e. The lowest BCUT2D eigenvalue weighted by atomic mass is 9.96. The van der Waals surface area contributed by atoms with E-state index in [1.165, 1.54) is 32.1 Å². The van der Waals surface area contributed by atoms with Crippen molar-refractivity contribution in [2.45, 2.75) is 58.0 Å². The number of hydrogen-bond acceptors (Lipinski definition) is 6. The Hall–Kier alpha value is -2.70. The first-order valence-electron chi connectivity index (χ1n) is 9.39. The smallest absolute Gasteiger partial charge is 0.223 e. The maximum Gasteiger partial charge on any atom is 0.223 e. The first-order chi connectivity index (χ1) is 12.7. The Morgan fingerprint density at radius 1 is 1.08 bits per heavy atom. The van der Waals surface area contributed by atoms with E-state index >= 15 is 0 Å². The third-order valence-electron chi connectivity index (χ3n) is 4.71. The lowest BCUT2D eigenvalue weighted by Crippen LogP contribution is -2.23. The van der Waals surface area contributed by atoms with Crippen LogP contribution in [0.25, 0.3) is 17.0 Å². The minimum absolute atomic E-state index is 0.291. The Kier molecular flexibility index (Phi) is 4.69. The molecule has 1 aliphatic rings. The van der Waals surface area contributed by atoms with Crippen molar-refractivity contribution in [3.8, 4) is 11.4 Å². The normalized spacial score (nSPS) is 15.5. The Balaban J connectivity index is 1.64. The molecule has 26 heavy (non-hydrogen) atoms. The summed E-state index contributed by atoms with van der Waals surface area (Å²) in [6.45, 7) is 4.17. The van der Waals surface area contributed by atoms with Crippen LogP contribution in [0.2, 0.25) is 0 Å². The lowest BCUT2D eigenvalue weighted by Gasteiger charge is -2.22. The van der Waals surface area contributed by atoms with E-state index in [2.05, 4.69) is 39.4 Å². The van der Waals surface area contributed by atoms with Crippen molar-refractivity contribution in [3.05, 3.63) is 30.9 Å². The van der Waals surface area contributed by atoms with Crippen molar-refractivity contribution >= 4 is 17.4 Å². The van der Waals surface area contributed by atoms with E-state index < -0.39 is 0 Å². The van der Waals surface area contributed by atoms with Crippen LogP contribution in [0.4, 0.5) is 11.8 Å². The molecule has 7 heteroatoms. The quantitative estimate of drug-likeness (QED) is 0.729. The van der Waals surface area contributed by atoms with Gasteiger partial charge in [-0.1, -0.05) is 19.3 Å². The first kappa shape index (κ1) is 16.8. The molecule has 3 heterocycles. The standard InChI is InChI=1S/C19H25N7/c1-13(2)23-17-18-22-12-16(26(18)11-10-20-17)15-8-9-21-19(25-15)24-14-6-4-3-5-7-14/h8-14H,3-7H2,1-2H3,(H,20,23)(H,21,24,25). The third-order valence-corrected chi connectivity index (χ3v) is 4.71. The second-order valence-electron chi connectivity index (χ2n) is 7.16. The molecule has 0 saturated heterocycles. The Bertz CT molecular complexity index is 880. The summed E-state index contributed by atoms with van der Waals surface area (Å²) < 4.78 is 2.02. The summed E-state index contributed by atoms with van der Waals surface area (Å²) in [6.07, 6.45) is 13.6. The highest BCUT2D eigenvalue weighted by Gasteiger charge is 2.16. The predicted molar refractivity (Wildman–Crippen MR) is 103 cm³/mol. The van der Waals surface area contributed by atoms with Crippen molar-refractivity contribution < 1.29 is 0 Å². The van der Waals surface area contributed by atoms with Crippen molar-refractivity contribution in [1.29, 1.82) is 0 Å². The van der Waals surface area contributed by atoms with Gasteiger partial charge in [-0.25, -0.2) is 19.9 Å². The molecular formula is C19H25N7. The molecule has 3 aromatic rings. The van der Waals surface area contributed by atoms with Crippen LogP contribution in [0.3, 0.4) is 0 Å². The van der Waals surface area contributed by atoms with Crippen molar-refractivity contribution in [2.75, 3.05) is 10.6 Å². The topological polar surface area (TPSA) is 80.0 Å². The van der Waals surface area contributed by atoms with Crippen LogP contribution in [0.5, 0.6) is 0 Å². The highest BCUT2D eigenvalue weighted by Crippen LogP contribution is 2.24. The molecule has 0 radical (unpaired) electrons. The molecule has 1 aliphatic carbocycles. The molecule has 1 saturated carbocycles. The molecule has 0 unspecified atom stereocenters. The Morgan fingerprint density at radius 2 is 1.92 bits per heavy atom. The summed E-state index contributed by atoms with van der Waals surface area (Å²) in [5, 5.41) is 6.83. The van der Waals surface area contributed by atoms with Crippen LogP contribution >= 0.6 is 0 Å². The molecule has 3 aromatic heterocycles. The second kappa shape index (κ2) is 7.27. The monoisotopic (exact) mass is 351 g/mol. The van der Waals surface area contributed by atoms with E-state index in [0.29, 0.717) is 18.0 Å². The van der Waals surface area contributed by atoms with Gasteiger partial charge in [0.15, 0.2) is 11.5 Å². The fraction of sp³-hybridized carbons (Fsp3) is 0.474. The molecule has 1 fully saturated rings. The fourth-order valence-corrected chi connectivity index (χ4v) is 3.48. The van der Waals surface area contributed by atoms with Gasteiger partial charge in [0.1, 0.15) is 0 Å². The molecule has 0 aliphatic heterocycles. The zero-order valence-electron chi connectivity index (χ0n) is 15.3. The van der Waals surface area contributed by atoms with Crippen molar-refractivity contribution in [2.24, 2.45) is 0 Å². The van der Waals surface area contributed by atoms with Gasteiger partial charge < -0.3 is 10.6 Å². The third kappa shape index (κ3) is 3.47. The molecule has 136 valence electrons. The number of nitrogens with one attached hydrogen (secondary N) is 2. The van der Waals surface area contributed by atoms with E-state index in [1.54, 1.807) is 12.4 Å². The maximum absolute atomic E-state index is 4.73. The van der Waals surface area contributed by atoms with Crippen LogP contribution < -0.4 is 10.6 Å². The maximum atomic E-state index is 4.73. The van der Waals surface area contributed by atoms with Gasteiger partial charge in [-0.15, -0.1) is 0 Å². The Labute approximate surface area is 153 Å². The minimum atomic E-state index is 0.291. The first-order valence-corrected chi connectivity index (χ1v) is 9.39. The van der Waals surface area contributed by atoms with Gasteiger partial charge in [0.25, 0.3) is 0 Å². The molecule has 7 nitrogen and oxygen atoms in total. The molecular weight excluding hydrogens is 326 g/mol. The molecule has 0 bridgehead atoms. The zero-order valence-corrected chi connectivity index (χ0v) is 15.3. The minimum Gasteiger partial charge on any atom is -0.365 e. The highest BCUT2D eigenvalue weighted by atomic mass is 15.1.